The molecule has 18 heavy (non-hydrogen) atoms. The topological polar surface area (TPSA) is 27.1 Å². The molecule has 0 atom stereocenters. The third-order valence-corrected chi connectivity index (χ3v) is 2.34. The number of imidazole rings is 1. The van der Waals surface area contributed by atoms with Crippen LogP contribution in [0.4, 0.5) is 13.2 Å². The lowest BCUT2D eigenvalue weighted by molar-refractivity contribution is -0.137. The van der Waals surface area contributed by atoms with Crippen molar-refractivity contribution in [3.63, 3.8) is 0 Å². The quantitative estimate of drug-likeness (QED) is 0.840. The molecule has 2 aromatic rings. The van der Waals surface area contributed by atoms with Crippen molar-refractivity contribution in [2.45, 2.75) is 12.7 Å². The van der Waals surface area contributed by atoms with E-state index >= 15 is 0 Å². The molecule has 0 aliphatic carbocycles. The number of ether oxygens (including phenoxy) is 1. The van der Waals surface area contributed by atoms with Crippen LogP contribution in [-0.4, -0.2) is 16.2 Å². The SMILES string of the molecule is FC(F)(F)c1cccc(OCCn2ccnc2)c1. The Morgan fingerprint density at radius 1 is 1.28 bits per heavy atom. The second kappa shape index (κ2) is 5.12. The van der Waals surface area contributed by atoms with Gasteiger partial charge in [-0.2, -0.15) is 13.2 Å². The van der Waals surface area contributed by atoms with Crippen molar-refractivity contribution in [2.75, 3.05) is 6.61 Å². The number of benzene rings is 1. The fourth-order valence-corrected chi connectivity index (χ4v) is 1.45. The van der Waals surface area contributed by atoms with Crippen molar-refractivity contribution >= 4 is 0 Å². The van der Waals surface area contributed by atoms with Gasteiger partial charge in [0, 0.05) is 12.4 Å². The van der Waals surface area contributed by atoms with E-state index in [1.807, 2.05) is 0 Å². The maximum Gasteiger partial charge on any atom is 0.416 e. The third kappa shape index (κ3) is 3.26. The van der Waals surface area contributed by atoms with Gasteiger partial charge < -0.3 is 9.30 Å². The normalized spacial score (nSPS) is 11.5. The van der Waals surface area contributed by atoms with E-state index in [9.17, 15) is 13.2 Å². The Labute approximate surface area is 102 Å². The number of alkyl halides is 3. The largest absolute Gasteiger partial charge is 0.492 e. The minimum absolute atomic E-state index is 0.213. The van der Waals surface area contributed by atoms with Gasteiger partial charge in [-0.05, 0) is 18.2 Å². The van der Waals surface area contributed by atoms with Crippen molar-refractivity contribution in [2.24, 2.45) is 0 Å². The van der Waals surface area contributed by atoms with Gasteiger partial charge >= 0.3 is 6.18 Å². The van der Waals surface area contributed by atoms with E-state index in [0.717, 1.165) is 12.1 Å². The monoisotopic (exact) mass is 256 g/mol. The Hall–Kier alpha value is -1.98. The number of hydrogen-bond acceptors (Lipinski definition) is 2. The highest BCUT2D eigenvalue weighted by atomic mass is 19.4. The molecule has 1 aromatic heterocycles. The Morgan fingerprint density at radius 3 is 2.78 bits per heavy atom. The maximum atomic E-state index is 12.4. The summed E-state index contributed by atoms with van der Waals surface area (Å²) in [5.74, 6) is 0.213. The highest BCUT2D eigenvalue weighted by Gasteiger charge is 2.30. The zero-order valence-electron chi connectivity index (χ0n) is 9.39. The van der Waals surface area contributed by atoms with Crippen molar-refractivity contribution in [3.05, 3.63) is 48.5 Å². The van der Waals surface area contributed by atoms with Gasteiger partial charge in [-0.1, -0.05) is 6.07 Å². The maximum absolute atomic E-state index is 12.4. The smallest absolute Gasteiger partial charge is 0.416 e. The van der Waals surface area contributed by atoms with Crippen molar-refractivity contribution < 1.29 is 17.9 Å². The van der Waals surface area contributed by atoms with E-state index in [-0.39, 0.29) is 12.4 Å². The molecule has 0 spiro atoms. The molecule has 0 radical (unpaired) electrons. The van der Waals surface area contributed by atoms with Gasteiger partial charge in [0.2, 0.25) is 0 Å². The summed E-state index contributed by atoms with van der Waals surface area (Å²) in [4.78, 5) is 3.85. The lowest BCUT2D eigenvalue weighted by atomic mass is 10.2. The molecule has 0 aliphatic rings. The number of rotatable bonds is 4. The number of nitrogens with zero attached hydrogens (tertiary/aromatic N) is 2. The zero-order chi connectivity index (χ0) is 13.0. The molecule has 6 heteroatoms. The first kappa shape index (κ1) is 12.5. The van der Waals surface area contributed by atoms with E-state index in [1.165, 1.54) is 12.1 Å². The minimum atomic E-state index is -4.34. The van der Waals surface area contributed by atoms with Gasteiger partial charge in [0.05, 0.1) is 18.4 Å². The lowest BCUT2D eigenvalue weighted by Crippen LogP contribution is -2.08. The molecular weight excluding hydrogens is 245 g/mol. The molecule has 0 amide bonds. The van der Waals surface area contributed by atoms with Crippen LogP contribution < -0.4 is 4.74 Å². The van der Waals surface area contributed by atoms with Crippen molar-refractivity contribution in [1.82, 2.24) is 9.55 Å². The van der Waals surface area contributed by atoms with E-state index in [2.05, 4.69) is 4.98 Å². The van der Waals surface area contributed by atoms with Gasteiger partial charge in [-0.15, -0.1) is 0 Å². The molecule has 2 rings (SSSR count). The minimum Gasteiger partial charge on any atom is -0.492 e. The summed E-state index contributed by atoms with van der Waals surface area (Å²) < 4.78 is 44.4. The number of halogens is 3. The van der Waals surface area contributed by atoms with Gasteiger partial charge in [-0.25, -0.2) is 4.98 Å². The Kier molecular flexibility index (Phi) is 3.55. The number of hydrogen-bond donors (Lipinski definition) is 0. The first-order valence-corrected chi connectivity index (χ1v) is 5.31. The summed E-state index contributed by atoms with van der Waals surface area (Å²) >= 11 is 0. The molecule has 0 fully saturated rings. The molecule has 0 bridgehead atoms. The summed E-state index contributed by atoms with van der Waals surface area (Å²) in [6, 6.07) is 4.84. The number of aromatic nitrogens is 2. The molecule has 1 aromatic carbocycles. The van der Waals surface area contributed by atoms with Crippen LogP contribution in [0.25, 0.3) is 0 Å². The Bertz CT molecular complexity index is 494. The van der Waals surface area contributed by atoms with Gasteiger partial charge in [0.1, 0.15) is 12.4 Å². The van der Waals surface area contributed by atoms with Crippen LogP contribution in [0.3, 0.4) is 0 Å². The highest BCUT2D eigenvalue weighted by Crippen LogP contribution is 2.31. The average Bonchev–Trinajstić information content (AvgIpc) is 2.81. The van der Waals surface area contributed by atoms with Crippen LogP contribution in [0.2, 0.25) is 0 Å². The zero-order valence-corrected chi connectivity index (χ0v) is 9.39. The lowest BCUT2D eigenvalue weighted by Gasteiger charge is -2.10. The van der Waals surface area contributed by atoms with E-state index in [0.29, 0.717) is 6.54 Å². The highest BCUT2D eigenvalue weighted by molar-refractivity contribution is 5.30. The van der Waals surface area contributed by atoms with E-state index in [1.54, 1.807) is 23.3 Å². The predicted octanol–water partition coefficient (Wildman–Crippen LogP) is 2.98. The average molecular weight is 256 g/mol. The van der Waals surface area contributed by atoms with Crippen LogP contribution >= 0.6 is 0 Å². The molecule has 1 heterocycles. The van der Waals surface area contributed by atoms with E-state index < -0.39 is 11.7 Å². The van der Waals surface area contributed by atoms with Crippen LogP contribution in [0, 0.1) is 0 Å². The fraction of sp³-hybridized carbons (Fsp3) is 0.250. The molecule has 96 valence electrons. The first-order chi connectivity index (χ1) is 8.55. The van der Waals surface area contributed by atoms with Gasteiger partial charge in [0.15, 0.2) is 0 Å². The molecule has 0 saturated carbocycles. The molecule has 3 nitrogen and oxygen atoms in total. The third-order valence-electron chi connectivity index (χ3n) is 2.34. The summed E-state index contributed by atoms with van der Waals surface area (Å²) in [6.45, 7) is 0.827. The molecular formula is C12H11F3N2O. The van der Waals surface area contributed by atoms with Crippen LogP contribution in [-0.2, 0) is 12.7 Å². The van der Waals surface area contributed by atoms with Gasteiger partial charge in [-0.3, -0.25) is 0 Å². The van der Waals surface area contributed by atoms with E-state index in [4.69, 9.17) is 4.74 Å². The summed E-state index contributed by atoms with van der Waals surface area (Å²) in [5.41, 5.74) is -0.706. The van der Waals surface area contributed by atoms with Crippen molar-refractivity contribution in [3.8, 4) is 5.75 Å². The van der Waals surface area contributed by atoms with Crippen LogP contribution in [0.1, 0.15) is 5.56 Å². The second-order valence-corrected chi connectivity index (χ2v) is 3.67. The Morgan fingerprint density at radius 2 is 2.11 bits per heavy atom. The second-order valence-electron chi connectivity index (χ2n) is 3.67. The van der Waals surface area contributed by atoms with Crippen LogP contribution in [0.5, 0.6) is 5.75 Å². The first-order valence-electron chi connectivity index (χ1n) is 5.31. The molecule has 0 aliphatic heterocycles. The molecule has 0 N–H and O–H groups in total. The summed E-state index contributed by atoms with van der Waals surface area (Å²) in [7, 11) is 0. The Balaban J connectivity index is 1.93. The van der Waals surface area contributed by atoms with Crippen molar-refractivity contribution in [1.29, 1.82) is 0 Å². The summed E-state index contributed by atoms with van der Waals surface area (Å²) in [6.07, 6.45) is 0.666. The summed E-state index contributed by atoms with van der Waals surface area (Å²) in [5, 5.41) is 0. The van der Waals surface area contributed by atoms with Crippen LogP contribution in [0.15, 0.2) is 43.0 Å². The molecule has 0 saturated heterocycles. The fourth-order valence-electron chi connectivity index (χ4n) is 1.45. The van der Waals surface area contributed by atoms with Gasteiger partial charge in [0.25, 0.3) is 0 Å². The molecule has 0 unspecified atom stereocenters. The predicted molar refractivity (Wildman–Crippen MR) is 59.2 cm³/mol. The standard InChI is InChI=1S/C12H11F3N2O/c13-12(14,15)10-2-1-3-11(8-10)18-7-6-17-5-4-16-9-17/h1-5,8-9H,6-7H2.